The second kappa shape index (κ2) is 7.11. The van der Waals surface area contributed by atoms with Crippen LogP contribution in [0, 0.1) is 5.92 Å². The Labute approximate surface area is 125 Å². The van der Waals surface area contributed by atoms with Gasteiger partial charge in [0.1, 0.15) is 5.92 Å². The Morgan fingerprint density at radius 1 is 1.48 bits per heavy atom. The zero-order valence-corrected chi connectivity index (χ0v) is 12.4. The quantitative estimate of drug-likeness (QED) is 0.376. The third-order valence-corrected chi connectivity index (χ3v) is 4.18. The van der Waals surface area contributed by atoms with Gasteiger partial charge < -0.3 is 15.8 Å². The van der Waals surface area contributed by atoms with Crippen molar-refractivity contribution in [3.05, 3.63) is 35.9 Å². The van der Waals surface area contributed by atoms with Crippen molar-refractivity contribution in [1.29, 1.82) is 0 Å². The standard InChI is InChI=1S/C16H23N3O2/c1-2-13-9-6-10-19(13)16(20)14(15(17)18-21)11-12-7-4-3-5-8-12/h3-5,7-8,13-14,21H,2,6,9-11H2,1H3,(H2,17,18). The summed E-state index contributed by atoms with van der Waals surface area (Å²) in [5, 5.41) is 12.1. The predicted octanol–water partition coefficient (Wildman–Crippen LogP) is 1.99. The van der Waals surface area contributed by atoms with E-state index in [1.165, 1.54) is 0 Å². The molecule has 0 aromatic heterocycles. The molecule has 2 unspecified atom stereocenters. The molecule has 1 saturated heterocycles. The van der Waals surface area contributed by atoms with Crippen molar-refractivity contribution in [3.63, 3.8) is 0 Å². The monoisotopic (exact) mass is 289 g/mol. The summed E-state index contributed by atoms with van der Waals surface area (Å²) in [5.41, 5.74) is 6.78. The molecule has 1 aromatic carbocycles. The lowest BCUT2D eigenvalue weighted by atomic mass is 9.96. The van der Waals surface area contributed by atoms with E-state index in [1.807, 2.05) is 35.2 Å². The Morgan fingerprint density at radius 2 is 2.19 bits per heavy atom. The molecule has 2 rings (SSSR count). The van der Waals surface area contributed by atoms with Crippen LogP contribution in [0.25, 0.3) is 0 Å². The number of carbonyl (C=O) groups is 1. The van der Waals surface area contributed by atoms with E-state index in [-0.39, 0.29) is 17.8 Å². The van der Waals surface area contributed by atoms with Crippen LogP contribution in [0.4, 0.5) is 0 Å². The summed E-state index contributed by atoms with van der Waals surface area (Å²) < 4.78 is 0. The summed E-state index contributed by atoms with van der Waals surface area (Å²) in [6.07, 6.45) is 3.47. The van der Waals surface area contributed by atoms with E-state index < -0.39 is 5.92 Å². The van der Waals surface area contributed by atoms with Crippen molar-refractivity contribution in [2.24, 2.45) is 16.8 Å². The summed E-state index contributed by atoms with van der Waals surface area (Å²) in [5.74, 6) is -0.631. The number of benzene rings is 1. The van der Waals surface area contributed by atoms with Gasteiger partial charge in [-0.15, -0.1) is 0 Å². The Balaban J connectivity index is 2.18. The van der Waals surface area contributed by atoms with Gasteiger partial charge in [0, 0.05) is 12.6 Å². The first-order valence-corrected chi connectivity index (χ1v) is 7.49. The van der Waals surface area contributed by atoms with Crippen molar-refractivity contribution >= 4 is 11.7 Å². The van der Waals surface area contributed by atoms with Gasteiger partial charge >= 0.3 is 0 Å². The fraction of sp³-hybridized carbons (Fsp3) is 0.500. The highest BCUT2D eigenvalue weighted by molar-refractivity contribution is 6.02. The maximum absolute atomic E-state index is 12.8. The molecule has 1 aliphatic heterocycles. The van der Waals surface area contributed by atoms with Gasteiger partial charge in [-0.25, -0.2) is 0 Å². The Morgan fingerprint density at radius 3 is 2.81 bits per heavy atom. The number of rotatable bonds is 5. The minimum Gasteiger partial charge on any atom is -0.409 e. The number of hydrogen-bond donors (Lipinski definition) is 2. The molecule has 114 valence electrons. The molecule has 5 nitrogen and oxygen atoms in total. The van der Waals surface area contributed by atoms with Gasteiger partial charge in [0.2, 0.25) is 5.91 Å². The number of oxime groups is 1. The van der Waals surface area contributed by atoms with Crippen molar-refractivity contribution in [1.82, 2.24) is 4.90 Å². The molecule has 0 radical (unpaired) electrons. The largest absolute Gasteiger partial charge is 0.409 e. The fourth-order valence-corrected chi connectivity index (χ4v) is 2.99. The van der Waals surface area contributed by atoms with Crippen LogP contribution in [0.5, 0.6) is 0 Å². The molecule has 0 spiro atoms. The van der Waals surface area contributed by atoms with E-state index in [0.29, 0.717) is 6.42 Å². The first kappa shape index (κ1) is 15.4. The SMILES string of the molecule is CCC1CCCN1C(=O)C(Cc1ccccc1)C(N)=NO. The summed E-state index contributed by atoms with van der Waals surface area (Å²) in [4.78, 5) is 14.7. The lowest BCUT2D eigenvalue weighted by Gasteiger charge is -2.28. The number of amidine groups is 1. The van der Waals surface area contributed by atoms with Crippen molar-refractivity contribution in [2.75, 3.05) is 6.54 Å². The summed E-state index contributed by atoms with van der Waals surface area (Å²) >= 11 is 0. The van der Waals surface area contributed by atoms with Gasteiger partial charge in [0.25, 0.3) is 0 Å². The zero-order chi connectivity index (χ0) is 15.2. The number of nitrogens with two attached hydrogens (primary N) is 1. The highest BCUT2D eigenvalue weighted by Gasteiger charge is 2.34. The molecule has 0 saturated carbocycles. The van der Waals surface area contributed by atoms with E-state index in [2.05, 4.69) is 12.1 Å². The Kier molecular flexibility index (Phi) is 5.20. The van der Waals surface area contributed by atoms with Crippen LogP contribution in [0.3, 0.4) is 0 Å². The number of carbonyl (C=O) groups excluding carboxylic acids is 1. The number of likely N-dealkylation sites (tertiary alicyclic amines) is 1. The lowest BCUT2D eigenvalue weighted by molar-refractivity contribution is -0.134. The summed E-state index contributed by atoms with van der Waals surface area (Å²) in [6, 6.07) is 9.96. The van der Waals surface area contributed by atoms with Crippen LogP contribution in [0.2, 0.25) is 0 Å². The maximum atomic E-state index is 12.8. The lowest BCUT2D eigenvalue weighted by Crippen LogP contribution is -2.45. The van der Waals surface area contributed by atoms with Gasteiger partial charge in [-0.3, -0.25) is 4.79 Å². The molecular formula is C16H23N3O2. The van der Waals surface area contributed by atoms with Gasteiger partial charge in [-0.05, 0) is 31.2 Å². The normalized spacial score (nSPS) is 20.5. The molecule has 0 bridgehead atoms. The molecule has 1 fully saturated rings. The molecule has 0 aliphatic carbocycles. The molecule has 1 aromatic rings. The molecule has 1 heterocycles. The van der Waals surface area contributed by atoms with E-state index in [1.54, 1.807) is 0 Å². The number of nitrogens with zero attached hydrogens (tertiary/aromatic N) is 2. The van der Waals surface area contributed by atoms with Crippen molar-refractivity contribution in [2.45, 2.75) is 38.6 Å². The Hall–Kier alpha value is -2.04. The first-order valence-electron chi connectivity index (χ1n) is 7.49. The molecule has 3 N–H and O–H groups in total. The average Bonchev–Trinajstić information content (AvgIpc) is 3.00. The third-order valence-electron chi connectivity index (χ3n) is 4.18. The van der Waals surface area contributed by atoms with Crippen molar-refractivity contribution in [3.8, 4) is 0 Å². The van der Waals surface area contributed by atoms with Gasteiger partial charge in [-0.2, -0.15) is 0 Å². The van der Waals surface area contributed by atoms with Crippen LogP contribution in [-0.2, 0) is 11.2 Å². The molecule has 1 aliphatic rings. The van der Waals surface area contributed by atoms with Gasteiger partial charge in [0.15, 0.2) is 5.84 Å². The van der Waals surface area contributed by atoms with Crippen molar-refractivity contribution < 1.29 is 10.0 Å². The number of hydrogen-bond acceptors (Lipinski definition) is 3. The van der Waals surface area contributed by atoms with Gasteiger partial charge in [0.05, 0.1) is 0 Å². The first-order chi connectivity index (χ1) is 10.2. The molecule has 2 atom stereocenters. The fourth-order valence-electron chi connectivity index (χ4n) is 2.99. The minimum absolute atomic E-state index is 0.00870. The van der Waals surface area contributed by atoms with E-state index in [9.17, 15) is 4.79 Å². The molecular weight excluding hydrogens is 266 g/mol. The number of amides is 1. The van der Waals surface area contributed by atoms with Crippen LogP contribution < -0.4 is 5.73 Å². The highest BCUT2D eigenvalue weighted by Crippen LogP contribution is 2.23. The maximum Gasteiger partial charge on any atom is 0.233 e. The highest BCUT2D eigenvalue weighted by atomic mass is 16.4. The molecule has 1 amide bonds. The summed E-state index contributed by atoms with van der Waals surface area (Å²) in [6.45, 7) is 2.85. The third kappa shape index (κ3) is 3.54. The second-order valence-corrected chi connectivity index (χ2v) is 5.50. The van der Waals surface area contributed by atoms with Crippen LogP contribution in [-0.4, -0.2) is 34.4 Å². The predicted molar refractivity (Wildman–Crippen MR) is 82.1 cm³/mol. The van der Waals surface area contributed by atoms with Crippen LogP contribution in [0.1, 0.15) is 31.7 Å². The summed E-state index contributed by atoms with van der Waals surface area (Å²) in [7, 11) is 0. The minimum atomic E-state index is -0.593. The topological polar surface area (TPSA) is 78.9 Å². The van der Waals surface area contributed by atoms with E-state index in [4.69, 9.17) is 10.9 Å². The van der Waals surface area contributed by atoms with Gasteiger partial charge in [-0.1, -0.05) is 42.4 Å². The van der Waals surface area contributed by atoms with Crippen LogP contribution >= 0.6 is 0 Å². The molecule has 5 heteroatoms. The second-order valence-electron chi connectivity index (χ2n) is 5.50. The average molecular weight is 289 g/mol. The Bertz CT molecular complexity index is 502. The zero-order valence-electron chi connectivity index (χ0n) is 12.4. The van der Waals surface area contributed by atoms with E-state index in [0.717, 1.165) is 31.4 Å². The van der Waals surface area contributed by atoms with Crippen LogP contribution in [0.15, 0.2) is 35.5 Å². The molecule has 21 heavy (non-hydrogen) atoms. The smallest absolute Gasteiger partial charge is 0.233 e. The van der Waals surface area contributed by atoms with E-state index >= 15 is 0 Å².